The molecule has 0 saturated heterocycles. The van der Waals surface area contributed by atoms with E-state index in [0.29, 0.717) is 5.75 Å². The predicted octanol–water partition coefficient (Wildman–Crippen LogP) is 3.17. The van der Waals surface area contributed by atoms with Crippen LogP contribution < -0.4 is 0 Å². The average Bonchev–Trinajstić information content (AvgIpc) is 2.24. The summed E-state index contributed by atoms with van der Waals surface area (Å²) in [5.41, 5.74) is 0.435. The number of ether oxygens (including phenoxy) is 1. The highest BCUT2D eigenvalue weighted by Crippen LogP contribution is 2.21. The van der Waals surface area contributed by atoms with Gasteiger partial charge in [-0.1, -0.05) is 12.1 Å². The van der Waals surface area contributed by atoms with Gasteiger partial charge in [-0.25, -0.2) is 0 Å². The van der Waals surface area contributed by atoms with Gasteiger partial charge in [-0.3, -0.25) is 4.79 Å². The fraction of sp³-hybridized carbons (Fsp3) is 0.500. The van der Waals surface area contributed by atoms with E-state index in [1.807, 2.05) is 45.0 Å². The zero-order chi connectivity index (χ0) is 13.8. The first-order valence-corrected chi connectivity index (χ1v) is 6.89. The molecule has 1 N–H and O–H groups in total. The van der Waals surface area contributed by atoms with Crippen molar-refractivity contribution in [2.24, 2.45) is 0 Å². The Labute approximate surface area is 113 Å². The molecule has 0 aliphatic heterocycles. The molecule has 4 heteroatoms. The van der Waals surface area contributed by atoms with Crippen molar-refractivity contribution >= 4 is 17.7 Å². The second kappa shape index (κ2) is 6.25. The summed E-state index contributed by atoms with van der Waals surface area (Å²) in [6.45, 7) is 7.29. The first kappa shape index (κ1) is 15.1. The maximum absolute atomic E-state index is 11.5. The summed E-state index contributed by atoms with van der Waals surface area (Å²) in [7, 11) is 0. The zero-order valence-corrected chi connectivity index (χ0v) is 12.1. The van der Waals surface area contributed by atoms with Crippen LogP contribution in [0, 0.1) is 0 Å². The van der Waals surface area contributed by atoms with E-state index in [2.05, 4.69) is 0 Å². The number of carbonyl (C=O) groups is 1. The van der Waals surface area contributed by atoms with Crippen LogP contribution in [-0.2, 0) is 9.53 Å². The van der Waals surface area contributed by atoms with E-state index in [4.69, 9.17) is 4.74 Å². The van der Waals surface area contributed by atoms with E-state index in [1.54, 1.807) is 6.92 Å². The highest BCUT2D eigenvalue weighted by molar-refractivity contribution is 8.00. The van der Waals surface area contributed by atoms with Gasteiger partial charge in [0.15, 0.2) is 0 Å². The fourth-order valence-corrected chi connectivity index (χ4v) is 2.03. The highest BCUT2D eigenvalue weighted by atomic mass is 32.2. The van der Waals surface area contributed by atoms with Crippen LogP contribution in [0.4, 0.5) is 0 Å². The van der Waals surface area contributed by atoms with Crippen LogP contribution in [0.2, 0.25) is 0 Å². The van der Waals surface area contributed by atoms with Crippen LogP contribution in [0.15, 0.2) is 29.2 Å². The van der Waals surface area contributed by atoms with Crippen molar-refractivity contribution in [3.8, 4) is 0 Å². The van der Waals surface area contributed by atoms with E-state index in [0.717, 1.165) is 10.5 Å². The van der Waals surface area contributed by atoms with Crippen molar-refractivity contribution in [1.82, 2.24) is 0 Å². The molecule has 1 unspecified atom stereocenters. The van der Waals surface area contributed by atoms with Crippen molar-refractivity contribution in [3.05, 3.63) is 29.8 Å². The second-order valence-electron chi connectivity index (χ2n) is 5.12. The number of carbonyl (C=O) groups excluding carboxylic acids is 1. The lowest BCUT2D eigenvalue weighted by molar-refractivity contribution is -0.151. The van der Waals surface area contributed by atoms with Gasteiger partial charge in [0, 0.05) is 4.90 Å². The summed E-state index contributed by atoms with van der Waals surface area (Å²) < 4.78 is 5.22. The molecule has 1 aromatic carbocycles. The summed E-state index contributed by atoms with van der Waals surface area (Å²) in [6, 6.07) is 7.53. The largest absolute Gasteiger partial charge is 0.459 e. The second-order valence-corrected chi connectivity index (χ2v) is 6.17. The van der Waals surface area contributed by atoms with E-state index in [-0.39, 0.29) is 5.97 Å². The standard InChI is InChI=1S/C14H20O3S/c1-10(15)11-5-7-12(8-6-11)18-9-13(16)17-14(2,3)4/h5-8,10,15H,9H2,1-4H3. The summed E-state index contributed by atoms with van der Waals surface area (Å²) in [5.74, 6) is 0.0813. The molecule has 1 rings (SSSR count). The van der Waals surface area contributed by atoms with Crippen LogP contribution in [-0.4, -0.2) is 22.4 Å². The number of esters is 1. The number of benzene rings is 1. The third kappa shape index (κ3) is 5.56. The van der Waals surface area contributed by atoms with E-state index in [9.17, 15) is 9.90 Å². The van der Waals surface area contributed by atoms with Crippen LogP contribution in [0.25, 0.3) is 0 Å². The number of aliphatic hydroxyl groups is 1. The van der Waals surface area contributed by atoms with Crippen molar-refractivity contribution < 1.29 is 14.6 Å². The fourth-order valence-electron chi connectivity index (χ4n) is 1.36. The smallest absolute Gasteiger partial charge is 0.316 e. The summed E-state index contributed by atoms with van der Waals surface area (Å²) >= 11 is 1.43. The normalized spacial score (nSPS) is 13.2. The van der Waals surface area contributed by atoms with Gasteiger partial charge in [0.2, 0.25) is 0 Å². The lowest BCUT2D eigenvalue weighted by atomic mass is 10.1. The molecule has 100 valence electrons. The molecule has 0 saturated carbocycles. The lowest BCUT2D eigenvalue weighted by Gasteiger charge is -2.19. The summed E-state index contributed by atoms with van der Waals surface area (Å²) in [4.78, 5) is 12.5. The quantitative estimate of drug-likeness (QED) is 0.673. The molecule has 0 amide bonds. The lowest BCUT2D eigenvalue weighted by Crippen LogP contribution is -2.24. The number of aliphatic hydroxyl groups excluding tert-OH is 1. The molecule has 0 radical (unpaired) electrons. The van der Waals surface area contributed by atoms with Gasteiger partial charge in [-0.15, -0.1) is 11.8 Å². The minimum absolute atomic E-state index is 0.216. The Bertz CT molecular complexity index is 390. The molecular weight excluding hydrogens is 248 g/mol. The highest BCUT2D eigenvalue weighted by Gasteiger charge is 2.16. The van der Waals surface area contributed by atoms with Gasteiger partial charge in [-0.05, 0) is 45.4 Å². The minimum Gasteiger partial charge on any atom is -0.459 e. The average molecular weight is 268 g/mol. The van der Waals surface area contributed by atoms with Gasteiger partial charge in [-0.2, -0.15) is 0 Å². The Hall–Kier alpha value is -1.00. The van der Waals surface area contributed by atoms with Crippen LogP contribution >= 0.6 is 11.8 Å². The SMILES string of the molecule is CC(O)c1ccc(SCC(=O)OC(C)(C)C)cc1. The van der Waals surface area contributed by atoms with Gasteiger partial charge in [0.25, 0.3) is 0 Å². The van der Waals surface area contributed by atoms with E-state index < -0.39 is 11.7 Å². The third-order valence-electron chi connectivity index (χ3n) is 2.14. The van der Waals surface area contributed by atoms with Gasteiger partial charge >= 0.3 is 5.97 Å². The minimum atomic E-state index is -0.463. The molecule has 1 aromatic rings. The molecule has 0 aromatic heterocycles. The number of hydrogen-bond acceptors (Lipinski definition) is 4. The third-order valence-corrected chi connectivity index (χ3v) is 3.12. The molecule has 0 heterocycles. The van der Waals surface area contributed by atoms with Gasteiger partial charge in [0.1, 0.15) is 5.60 Å². The Morgan fingerprint density at radius 2 is 1.89 bits per heavy atom. The molecule has 0 spiro atoms. The molecule has 1 atom stereocenters. The maximum atomic E-state index is 11.5. The summed E-state index contributed by atoms with van der Waals surface area (Å²) in [6.07, 6.45) is -0.463. The Morgan fingerprint density at radius 3 is 2.33 bits per heavy atom. The number of rotatable bonds is 4. The van der Waals surface area contributed by atoms with Crippen molar-refractivity contribution in [1.29, 1.82) is 0 Å². The van der Waals surface area contributed by atoms with Gasteiger partial charge < -0.3 is 9.84 Å². The summed E-state index contributed by atoms with van der Waals surface area (Å²) in [5, 5.41) is 9.38. The Balaban J connectivity index is 2.46. The van der Waals surface area contributed by atoms with Crippen molar-refractivity contribution in [2.45, 2.75) is 44.3 Å². The maximum Gasteiger partial charge on any atom is 0.316 e. The van der Waals surface area contributed by atoms with Crippen LogP contribution in [0.3, 0.4) is 0 Å². The van der Waals surface area contributed by atoms with E-state index in [1.165, 1.54) is 11.8 Å². The number of hydrogen-bond donors (Lipinski definition) is 1. The predicted molar refractivity (Wildman–Crippen MR) is 73.6 cm³/mol. The Kier molecular flexibility index (Phi) is 5.23. The van der Waals surface area contributed by atoms with Gasteiger partial charge in [0.05, 0.1) is 11.9 Å². The van der Waals surface area contributed by atoms with Crippen LogP contribution in [0.5, 0.6) is 0 Å². The molecule has 0 fully saturated rings. The van der Waals surface area contributed by atoms with E-state index >= 15 is 0 Å². The molecule has 0 aliphatic carbocycles. The topological polar surface area (TPSA) is 46.5 Å². The van der Waals surface area contributed by atoms with Crippen LogP contribution in [0.1, 0.15) is 39.4 Å². The molecule has 18 heavy (non-hydrogen) atoms. The Morgan fingerprint density at radius 1 is 1.33 bits per heavy atom. The monoisotopic (exact) mass is 268 g/mol. The molecular formula is C14H20O3S. The van der Waals surface area contributed by atoms with Crippen molar-refractivity contribution in [3.63, 3.8) is 0 Å². The molecule has 3 nitrogen and oxygen atoms in total. The first-order valence-electron chi connectivity index (χ1n) is 5.90. The molecule has 0 bridgehead atoms. The zero-order valence-electron chi connectivity index (χ0n) is 11.3. The number of thioether (sulfide) groups is 1. The van der Waals surface area contributed by atoms with Crippen molar-refractivity contribution in [2.75, 3.05) is 5.75 Å². The molecule has 0 aliphatic rings. The first-order chi connectivity index (χ1) is 8.28.